The number of hydrogen-bond acceptors (Lipinski definition) is 19. The van der Waals surface area contributed by atoms with Crippen molar-refractivity contribution in [2.75, 3.05) is 143 Å². The number of pyridine rings is 1. The van der Waals surface area contributed by atoms with E-state index in [4.69, 9.17) is 4.74 Å². The molecule has 3 aromatic rings. The number of aliphatic carboxylic acids is 3. The lowest BCUT2D eigenvalue weighted by atomic mass is 9.91. The van der Waals surface area contributed by atoms with Gasteiger partial charge in [0.25, 0.3) is 17.7 Å². The quantitative estimate of drug-likeness (QED) is 0.0181. The molecule has 0 saturated carbocycles. The van der Waals surface area contributed by atoms with Crippen molar-refractivity contribution >= 4 is 111 Å². The number of amidine groups is 1. The molecule has 3 atom stereocenters. The molecule has 6 rings (SSSR count). The van der Waals surface area contributed by atoms with Gasteiger partial charge in [-0.05, 0) is 135 Å². The number of aliphatic hydroxyl groups is 1. The Morgan fingerprint density at radius 1 is 0.784 bits per heavy atom. The highest BCUT2D eigenvalue weighted by Gasteiger charge is 2.46. The first-order chi connectivity index (χ1) is 46.4. The van der Waals surface area contributed by atoms with E-state index in [1.54, 1.807) is 49.6 Å². The summed E-state index contributed by atoms with van der Waals surface area (Å²) < 4.78 is 35.5. The summed E-state index contributed by atoms with van der Waals surface area (Å²) in [6, 6.07) is 13.0. The number of halogens is 3. The van der Waals surface area contributed by atoms with Crippen molar-refractivity contribution in [2.24, 2.45) is 15.9 Å². The van der Waals surface area contributed by atoms with E-state index in [1.165, 1.54) is 37.3 Å². The van der Waals surface area contributed by atoms with Crippen LogP contribution in [-0.2, 0) is 44.8 Å². The SMILES string of the molecule is C/N=C/[C@H]1CC(F)(F)CN1C(=O)CNC(=O)c1ccnc2ccc(OCCCCC3CCN(C(=O)[C@H](O)CSCCNC(=O)[C@H](CCCC/N=C(\C)NC(=O)CCCc4ccc(I)cc4)NC(=O)CN4CCN(CC(=O)O)CCN(CC(=O)O)CCN(CC(=O)O)CC4)CC3)cc12. The Labute approximate surface area is 582 Å². The zero-order valence-corrected chi connectivity index (χ0v) is 58.3. The lowest BCUT2D eigenvalue weighted by Crippen LogP contribution is -2.52. The van der Waals surface area contributed by atoms with Gasteiger partial charge in [-0.3, -0.25) is 77.7 Å². The number of carboxylic acids is 3. The Balaban J connectivity index is 0.933. The van der Waals surface area contributed by atoms with E-state index < -0.39 is 85.2 Å². The number of nitrogens with zero attached hydrogens (tertiary/aromatic N) is 9. The molecule has 0 bridgehead atoms. The van der Waals surface area contributed by atoms with Crippen LogP contribution in [0, 0.1) is 9.49 Å². The molecule has 6 amide bonds. The molecular weight excluding hydrogens is 1400 g/mol. The van der Waals surface area contributed by atoms with Crippen LogP contribution < -0.4 is 26.0 Å². The van der Waals surface area contributed by atoms with E-state index in [2.05, 4.69) is 58.8 Å². The molecule has 1 aromatic heterocycles. The normalized spacial score (nSPS) is 18.0. The Morgan fingerprint density at radius 2 is 1.41 bits per heavy atom. The molecule has 0 radical (unpaired) electrons. The van der Waals surface area contributed by atoms with E-state index in [-0.39, 0.29) is 115 Å². The fourth-order valence-electron chi connectivity index (χ4n) is 11.8. The second-order valence-corrected chi connectivity index (χ2v) is 27.1. The zero-order valence-electron chi connectivity index (χ0n) is 55.4. The van der Waals surface area contributed by atoms with Crippen molar-refractivity contribution in [3.8, 4) is 5.75 Å². The van der Waals surface area contributed by atoms with E-state index in [0.29, 0.717) is 86.1 Å². The van der Waals surface area contributed by atoms with E-state index in [9.17, 15) is 72.4 Å². The van der Waals surface area contributed by atoms with E-state index in [0.717, 1.165) is 52.6 Å². The average molecular weight is 1490 g/mol. The van der Waals surface area contributed by atoms with Crippen molar-refractivity contribution in [3.63, 3.8) is 0 Å². The summed E-state index contributed by atoms with van der Waals surface area (Å²) in [6.07, 6.45) is 8.04. The van der Waals surface area contributed by atoms with Crippen LogP contribution in [0.4, 0.5) is 8.78 Å². The average Bonchev–Trinajstić information content (AvgIpc) is 1.79. The van der Waals surface area contributed by atoms with Crippen LogP contribution in [0.1, 0.15) is 93.5 Å². The first-order valence-corrected chi connectivity index (χ1v) is 35.3. The lowest BCUT2D eigenvalue weighted by molar-refractivity contribution is -0.140. The number of aliphatic imine (C=N–C) groups is 2. The predicted molar refractivity (Wildman–Crippen MR) is 371 cm³/mol. The van der Waals surface area contributed by atoms with E-state index >= 15 is 0 Å². The van der Waals surface area contributed by atoms with Crippen LogP contribution >= 0.6 is 34.4 Å². The minimum atomic E-state index is -3.05. The minimum absolute atomic E-state index is 0.0936. The molecule has 97 heavy (non-hydrogen) atoms. The molecule has 3 saturated heterocycles. The number of unbranched alkanes of at least 4 members (excludes halogenated alkanes) is 2. The monoisotopic (exact) mass is 1490 g/mol. The van der Waals surface area contributed by atoms with Gasteiger partial charge >= 0.3 is 17.9 Å². The molecule has 534 valence electrons. The van der Waals surface area contributed by atoms with Crippen LogP contribution in [0.2, 0.25) is 0 Å². The van der Waals surface area contributed by atoms with Gasteiger partial charge in [-0.1, -0.05) is 18.6 Å². The van der Waals surface area contributed by atoms with Gasteiger partial charge in [0.2, 0.25) is 23.6 Å². The first-order valence-electron chi connectivity index (χ1n) is 33.0. The number of carbonyl (C=O) groups excluding carboxylic acids is 6. The Morgan fingerprint density at radius 3 is 2.03 bits per heavy atom. The number of benzene rings is 2. The van der Waals surface area contributed by atoms with Gasteiger partial charge in [-0.25, -0.2) is 8.78 Å². The van der Waals surface area contributed by atoms with Crippen molar-refractivity contribution in [1.29, 1.82) is 0 Å². The predicted octanol–water partition coefficient (Wildman–Crippen LogP) is 3.19. The smallest absolute Gasteiger partial charge is 0.317 e. The van der Waals surface area contributed by atoms with Gasteiger partial charge in [0.1, 0.15) is 17.9 Å². The second kappa shape index (κ2) is 41.4. The Hall–Kier alpha value is -7.04. The maximum absolute atomic E-state index is 14.1. The Kier molecular flexibility index (Phi) is 33.7. The molecule has 8 N–H and O–H groups in total. The summed E-state index contributed by atoms with van der Waals surface area (Å²) in [5.74, 6) is -7.17. The summed E-state index contributed by atoms with van der Waals surface area (Å²) in [5, 5.41) is 51.6. The molecule has 3 fully saturated rings. The number of aromatic nitrogens is 1. The highest BCUT2D eigenvalue weighted by molar-refractivity contribution is 14.1. The Bertz CT molecular complexity index is 3140. The fourth-order valence-corrected chi connectivity index (χ4v) is 13.0. The van der Waals surface area contributed by atoms with Crippen LogP contribution in [0.25, 0.3) is 10.9 Å². The number of hydrogen-bond donors (Lipinski definition) is 8. The zero-order chi connectivity index (χ0) is 70.3. The topological polar surface area (TPSA) is 349 Å². The lowest BCUT2D eigenvalue weighted by Gasteiger charge is -2.33. The summed E-state index contributed by atoms with van der Waals surface area (Å²) >= 11 is 3.54. The number of thioether (sulfide) groups is 1. The van der Waals surface area contributed by atoms with E-state index in [1.807, 2.05) is 24.3 Å². The molecule has 0 aliphatic carbocycles. The number of amides is 6. The summed E-state index contributed by atoms with van der Waals surface area (Å²) in [6.45, 7) is 2.83. The summed E-state index contributed by atoms with van der Waals surface area (Å²) in [4.78, 5) is 138. The maximum Gasteiger partial charge on any atom is 0.317 e. The number of likely N-dealkylation sites (tertiary alicyclic amines) is 2. The second-order valence-electron chi connectivity index (χ2n) is 24.7. The van der Waals surface area contributed by atoms with Gasteiger partial charge in [0.15, 0.2) is 0 Å². The van der Waals surface area contributed by atoms with Crippen LogP contribution in [0.15, 0.2) is 64.7 Å². The number of carbonyl (C=O) groups is 9. The van der Waals surface area contributed by atoms with Gasteiger partial charge in [-0.15, -0.1) is 0 Å². The van der Waals surface area contributed by atoms with Gasteiger partial charge in [0, 0.05) is 131 Å². The third kappa shape index (κ3) is 29.1. The van der Waals surface area contributed by atoms with Crippen molar-refractivity contribution < 1.29 is 77.1 Å². The standard InChI is InChI=1S/C66H94F2IN13O14S/c1-46(75-57(84)11-7-9-47-12-14-49(69)15-13-47)71-21-5-3-10-55(76-58(85)40-77-26-28-78(41-60(87)88)30-32-80(43-62(91)92)33-31-79(29-27-77)42-61(89)90)64(94)73-23-35-97-44-56(83)65(95)81-24-19-48(20-25-81)8-4-6-34-96-51-16-17-54-53(36-51)52(18-22-72-54)63(93)74-39-59(86)82-45-66(67,68)37-50(82)38-70-2/h12-18,22,36,38,48,50,55-56,83H,3-11,19-21,23-35,37,39-45H2,1-2H3,(H,73,94)(H,74,93)(H,76,85)(H,87,88)(H,89,90)(H,91,92)(H,71,75,84)/b70-38+/t50-,55+,56-/m1/s1. The highest BCUT2D eigenvalue weighted by Crippen LogP contribution is 2.32. The number of carboxylic acid groups (broad SMARTS) is 3. The molecule has 31 heteroatoms. The van der Waals surface area contributed by atoms with Crippen molar-refractivity contribution in [3.05, 3.63) is 69.4 Å². The summed E-state index contributed by atoms with van der Waals surface area (Å²) in [5.41, 5.74) is 1.93. The first kappa shape index (κ1) is 79.0. The number of alkyl halides is 2. The third-order valence-electron chi connectivity index (χ3n) is 17.0. The molecule has 0 spiro atoms. The number of fused-ring (bicyclic) bond motifs is 1. The molecule has 0 unspecified atom stereocenters. The number of ether oxygens (including phenoxy) is 1. The molecule has 4 heterocycles. The third-order valence-corrected chi connectivity index (χ3v) is 18.8. The fraction of sp³-hybridized carbons (Fsp3) is 0.606. The number of piperidine rings is 1. The van der Waals surface area contributed by atoms with Crippen LogP contribution in [0.3, 0.4) is 0 Å². The molecule has 3 aliphatic rings. The summed E-state index contributed by atoms with van der Waals surface area (Å²) in [7, 11) is 1.44. The number of nitrogens with one attached hydrogen (secondary N) is 4. The van der Waals surface area contributed by atoms with Gasteiger partial charge in [-0.2, -0.15) is 11.8 Å². The molecular formula is C66H94F2IN13O14S. The molecule has 3 aliphatic heterocycles. The minimum Gasteiger partial charge on any atom is -0.494 e. The van der Waals surface area contributed by atoms with Crippen LogP contribution in [-0.4, -0.2) is 287 Å². The number of aliphatic hydroxyl groups excluding tert-OH is 1. The van der Waals surface area contributed by atoms with Gasteiger partial charge in [0.05, 0.1) is 68.8 Å². The highest BCUT2D eigenvalue weighted by atomic mass is 127. The maximum atomic E-state index is 14.1. The largest absolute Gasteiger partial charge is 0.494 e. The van der Waals surface area contributed by atoms with Crippen molar-refractivity contribution in [2.45, 2.75) is 108 Å². The van der Waals surface area contributed by atoms with Crippen LogP contribution in [0.5, 0.6) is 5.75 Å². The molecule has 27 nitrogen and oxygen atoms in total. The van der Waals surface area contributed by atoms with Crippen molar-refractivity contribution in [1.82, 2.24) is 55.7 Å². The molecule has 2 aromatic carbocycles. The van der Waals surface area contributed by atoms with Gasteiger partial charge < -0.3 is 56.2 Å². The number of aryl methyl sites for hydroxylation is 1. The number of rotatable bonds is 35.